The normalized spacial score (nSPS) is 11.2. The summed E-state index contributed by atoms with van der Waals surface area (Å²) in [6.07, 6.45) is 5.00. The van der Waals surface area contributed by atoms with Gasteiger partial charge in [0.25, 0.3) is 0 Å². The molecule has 0 unspecified atom stereocenters. The number of anilines is 2. The molecule has 184 valence electrons. The summed E-state index contributed by atoms with van der Waals surface area (Å²) in [5, 5.41) is 11.1. The van der Waals surface area contributed by atoms with E-state index in [2.05, 4.69) is 21.7 Å². The molecule has 5 aromatic rings. The second kappa shape index (κ2) is 10.9. The predicted molar refractivity (Wildman–Crippen MR) is 150 cm³/mol. The fourth-order valence-corrected chi connectivity index (χ4v) is 4.66. The molecule has 7 heteroatoms. The van der Waals surface area contributed by atoms with Gasteiger partial charge in [0.1, 0.15) is 11.5 Å². The average molecular weight is 501 g/mol. The first kappa shape index (κ1) is 23.9. The monoisotopic (exact) mass is 500 g/mol. The summed E-state index contributed by atoms with van der Waals surface area (Å²) in [5.41, 5.74) is 4.83. The van der Waals surface area contributed by atoms with Crippen molar-refractivity contribution in [1.29, 1.82) is 0 Å². The van der Waals surface area contributed by atoms with Gasteiger partial charge in [0, 0.05) is 46.5 Å². The number of rotatable bonds is 10. The molecule has 6 nitrogen and oxygen atoms in total. The van der Waals surface area contributed by atoms with E-state index in [4.69, 9.17) is 26.1 Å². The lowest BCUT2D eigenvalue weighted by Crippen LogP contribution is -2.06. The van der Waals surface area contributed by atoms with Gasteiger partial charge in [-0.3, -0.25) is 4.98 Å². The first-order chi connectivity index (χ1) is 17.7. The number of fused-ring (bicyclic) bond motifs is 3. The zero-order chi connectivity index (χ0) is 24.9. The van der Waals surface area contributed by atoms with Crippen molar-refractivity contribution in [2.75, 3.05) is 37.9 Å². The van der Waals surface area contributed by atoms with Crippen LogP contribution in [0.1, 0.15) is 19.3 Å². The van der Waals surface area contributed by atoms with Crippen LogP contribution in [0, 0.1) is 0 Å². The Kier molecular flexibility index (Phi) is 7.23. The van der Waals surface area contributed by atoms with Crippen molar-refractivity contribution >= 4 is 55.7 Å². The number of unbranched alkanes of at least 4 members (excludes halogenated alkanes) is 2. The number of hydrogen-bond donors (Lipinski definition) is 2. The van der Waals surface area contributed by atoms with Crippen LogP contribution in [0.4, 0.5) is 11.4 Å². The molecule has 2 heterocycles. The molecule has 5 rings (SSSR count). The predicted octanol–water partition coefficient (Wildman–Crippen LogP) is 7.30. The van der Waals surface area contributed by atoms with Crippen LogP contribution in [0.2, 0.25) is 5.02 Å². The molecule has 0 aliphatic carbocycles. The number of benzene rings is 3. The minimum absolute atomic E-state index is 0.681. The highest BCUT2D eigenvalue weighted by Crippen LogP contribution is 2.34. The Bertz CT molecular complexity index is 1520. The Labute approximate surface area is 215 Å². The second-order valence-electron chi connectivity index (χ2n) is 8.70. The van der Waals surface area contributed by atoms with Gasteiger partial charge >= 0.3 is 0 Å². The van der Waals surface area contributed by atoms with Gasteiger partial charge in [-0.25, -0.2) is 4.98 Å². The molecular formula is C29H29ClN4O2. The van der Waals surface area contributed by atoms with E-state index < -0.39 is 0 Å². The first-order valence-electron chi connectivity index (χ1n) is 12.1. The smallest absolute Gasteiger partial charge is 0.121 e. The maximum atomic E-state index is 6.24. The van der Waals surface area contributed by atoms with Crippen LogP contribution >= 0.6 is 11.6 Å². The van der Waals surface area contributed by atoms with Crippen LogP contribution in [0.15, 0.2) is 66.9 Å². The lowest BCUT2D eigenvalue weighted by atomic mass is 10.1. The molecule has 0 saturated carbocycles. The summed E-state index contributed by atoms with van der Waals surface area (Å²) < 4.78 is 10.9. The lowest BCUT2D eigenvalue weighted by Gasteiger charge is -2.14. The van der Waals surface area contributed by atoms with E-state index in [0.717, 1.165) is 87.9 Å². The molecule has 0 radical (unpaired) electrons. The standard InChI is InChI=1S/C29H29ClN4O2/c1-35-21-9-11-25-24(17-21)29(23-10-8-20(30)16-26(23)34-25)33-13-5-3-4-12-31-27-18-22(36-2)15-19-7-6-14-32-28(19)27/h6-11,14-18,31H,3-5,12-13H2,1-2H3,(H,33,34). The summed E-state index contributed by atoms with van der Waals surface area (Å²) >= 11 is 6.24. The fraction of sp³-hybridized carbons (Fsp3) is 0.241. The van der Waals surface area contributed by atoms with Crippen molar-refractivity contribution in [2.45, 2.75) is 19.3 Å². The Morgan fingerprint density at radius 2 is 1.61 bits per heavy atom. The number of aromatic nitrogens is 2. The molecule has 0 atom stereocenters. The molecular weight excluding hydrogens is 472 g/mol. The van der Waals surface area contributed by atoms with Crippen LogP contribution < -0.4 is 20.1 Å². The van der Waals surface area contributed by atoms with E-state index in [1.807, 2.05) is 60.8 Å². The SMILES string of the molecule is COc1cc(NCCCCCNc2c3ccc(Cl)cc3nc3ccc(OC)cc23)c2ncccc2c1. The zero-order valence-corrected chi connectivity index (χ0v) is 21.2. The molecule has 0 aliphatic heterocycles. The third-order valence-corrected chi connectivity index (χ3v) is 6.56. The maximum absolute atomic E-state index is 6.24. The zero-order valence-electron chi connectivity index (χ0n) is 20.5. The largest absolute Gasteiger partial charge is 0.497 e. The topological polar surface area (TPSA) is 68.3 Å². The highest BCUT2D eigenvalue weighted by Gasteiger charge is 2.11. The minimum atomic E-state index is 0.681. The van der Waals surface area contributed by atoms with E-state index >= 15 is 0 Å². The van der Waals surface area contributed by atoms with E-state index in [0.29, 0.717) is 5.02 Å². The summed E-state index contributed by atoms with van der Waals surface area (Å²) in [7, 11) is 3.37. The average Bonchev–Trinajstić information content (AvgIpc) is 2.91. The lowest BCUT2D eigenvalue weighted by molar-refractivity contribution is 0.415. The number of pyridine rings is 2. The summed E-state index contributed by atoms with van der Waals surface area (Å²) in [5.74, 6) is 1.64. The van der Waals surface area contributed by atoms with Crippen molar-refractivity contribution in [1.82, 2.24) is 9.97 Å². The van der Waals surface area contributed by atoms with Gasteiger partial charge in [-0.05, 0) is 67.8 Å². The van der Waals surface area contributed by atoms with E-state index in [1.165, 1.54) is 0 Å². The van der Waals surface area contributed by atoms with Crippen molar-refractivity contribution in [2.24, 2.45) is 0 Å². The number of hydrogen-bond acceptors (Lipinski definition) is 6. The number of ether oxygens (including phenoxy) is 2. The molecule has 0 spiro atoms. The number of halogens is 1. The fourth-order valence-electron chi connectivity index (χ4n) is 4.49. The van der Waals surface area contributed by atoms with Crippen LogP contribution in [0.3, 0.4) is 0 Å². The van der Waals surface area contributed by atoms with Crippen LogP contribution in [-0.4, -0.2) is 37.3 Å². The van der Waals surface area contributed by atoms with Crippen molar-refractivity contribution < 1.29 is 9.47 Å². The van der Waals surface area contributed by atoms with Crippen molar-refractivity contribution in [3.8, 4) is 11.5 Å². The highest BCUT2D eigenvalue weighted by molar-refractivity contribution is 6.31. The number of nitrogens with one attached hydrogen (secondary N) is 2. The van der Waals surface area contributed by atoms with Gasteiger partial charge in [-0.1, -0.05) is 17.7 Å². The molecule has 2 aromatic heterocycles. The summed E-state index contributed by atoms with van der Waals surface area (Å²) in [6, 6.07) is 19.8. The Morgan fingerprint density at radius 1 is 0.778 bits per heavy atom. The quantitative estimate of drug-likeness (QED) is 0.155. The maximum Gasteiger partial charge on any atom is 0.121 e. The molecule has 0 amide bonds. The second-order valence-corrected chi connectivity index (χ2v) is 9.13. The van der Waals surface area contributed by atoms with E-state index in [-0.39, 0.29) is 0 Å². The number of nitrogens with zero attached hydrogens (tertiary/aromatic N) is 2. The molecule has 36 heavy (non-hydrogen) atoms. The van der Waals surface area contributed by atoms with Gasteiger partial charge in [-0.2, -0.15) is 0 Å². The Hall–Kier alpha value is -3.77. The van der Waals surface area contributed by atoms with Crippen molar-refractivity contribution in [3.05, 3.63) is 71.9 Å². The molecule has 0 saturated heterocycles. The summed E-state index contributed by atoms with van der Waals surface area (Å²) in [6.45, 7) is 1.73. The van der Waals surface area contributed by atoms with E-state index in [1.54, 1.807) is 14.2 Å². The van der Waals surface area contributed by atoms with Gasteiger partial charge in [0.15, 0.2) is 0 Å². The molecule has 0 bridgehead atoms. The minimum Gasteiger partial charge on any atom is -0.497 e. The Balaban J connectivity index is 1.22. The van der Waals surface area contributed by atoms with Gasteiger partial charge in [-0.15, -0.1) is 0 Å². The first-order valence-corrected chi connectivity index (χ1v) is 12.5. The van der Waals surface area contributed by atoms with Crippen molar-refractivity contribution in [3.63, 3.8) is 0 Å². The third kappa shape index (κ3) is 5.09. The highest BCUT2D eigenvalue weighted by atomic mass is 35.5. The van der Waals surface area contributed by atoms with Crippen LogP contribution in [0.5, 0.6) is 11.5 Å². The van der Waals surface area contributed by atoms with Crippen LogP contribution in [-0.2, 0) is 0 Å². The summed E-state index contributed by atoms with van der Waals surface area (Å²) in [4.78, 5) is 9.34. The van der Waals surface area contributed by atoms with Crippen LogP contribution in [0.25, 0.3) is 32.7 Å². The van der Waals surface area contributed by atoms with E-state index in [9.17, 15) is 0 Å². The molecule has 0 fully saturated rings. The Morgan fingerprint density at radius 3 is 2.44 bits per heavy atom. The molecule has 2 N–H and O–H groups in total. The van der Waals surface area contributed by atoms with Gasteiger partial charge in [0.05, 0.1) is 42.1 Å². The number of methoxy groups -OCH3 is 2. The van der Waals surface area contributed by atoms with Gasteiger partial charge < -0.3 is 20.1 Å². The molecule has 0 aliphatic rings. The van der Waals surface area contributed by atoms with Gasteiger partial charge in [0.2, 0.25) is 0 Å². The molecule has 3 aromatic carbocycles. The third-order valence-electron chi connectivity index (χ3n) is 6.33.